The lowest BCUT2D eigenvalue weighted by Crippen LogP contribution is -2.27. The molecule has 3 heteroatoms. The van der Waals surface area contributed by atoms with E-state index in [0.29, 0.717) is 6.04 Å². The highest BCUT2D eigenvalue weighted by Crippen LogP contribution is 2.12. The van der Waals surface area contributed by atoms with Crippen LogP contribution < -0.4 is 5.32 Å². The molecule has 2 aromatic rings. The van der Waals surface area contributed by atoms with Gasteiger partial charge in [0, 0.05) is 18.8 Å². The summed E-state index contributed by atoms with van der Waals surface area (Å²) in [4.78, 5) is 4.57. The Hall–Kier alpha value is -1.35. The molecule has 0 aliphatic rings. The van der Waals surface area contributed by atoms with Gasteiger partial charge in [-0.2, -0.15) is 0 Å². The fourth-order valence-electron chi connectivity index (χ4n) is 2.44. The van der Waals surface area contributed by atoms with Crippen LogP contribution in [0.5, 0.6) is 0 Å². The van der Waals surface area contributed by atoms with E-state index in [1.807, 2.05) is 12.1 Å². The first kappa shape index (κ1) is 13.1. The quantitative estimate of drug-likeness (QED) is 0.876. The molecule has 0 bridgehead atoms. The number of hydrogen-bond donors (Lipinski definition) is 1. The highest BCUT2D eigenvalue weighted by Gasteiger charge is 2.10. The second-order valence-electron chi connectivity index (χ2n) is 5.48. The average molecular weight is 245 g/mol. The van der Waals surface area contributed by atoms with Crippen molar-refractivity contribution in [1.29, 1.82) is 0 Å². The number of hydrogen-bond acceptors (Lipinski definition) is 2. The van der Waals surface area contributed by atoms with Crippen molar-refractivity contribution in [2.24, 2.45) is 5.92 Å². The van der Waals surface area contributed by atoms with Gasteiger partial charge in [-0.05, 0) is 38.3 Å². The Morgan fingerprint density at radius 3 is 2.78 bits per heavy atom. The van der Waals surface area contributed by atoms with Gasteiger partial charge in [0.25, 0.3) is 0 Å². The van der Waals surface area contributed by atoms with E-state index in [0.717, 1.165) is 23.8 Å². The summed E-state index contributed by atoms with van der Waals surface area (Å²) in [7, 11) is 0. The SMILES string of the molecule is Cc1nc2ccccn2c1CNC(C)CC(C)C. The minimum atomic E-state index is 0.540. The van der Waals surface area contributed by atoms with Gasteiger partial charge in [0.1, 0.15) is 5.65 Å². The number of aryl methyl sites for hydroxylation is 1. The van der Waals surface area contributed by atoms with Gasteiger partial charge in [0.2, 0.25) is 0 Å². The minimum Gasteiger partial charge on any atom is -0.309 e. The molecule has 2 rings (SSSR count). The zero-order valence-electron chi connectivity index (χ0n) is 11.8. The fourth-order valence-corrected chi connectivity index (χ4v) is 2.44. The van der Waals surface area contributed by atoms with E-state index in [4.69, 9.17) is 0 Å². The first-order valence-corrected chi connectivity index (χ1v) is 6.74. The second-order valence-corrected chi connectivity index (χ2v) is 5.48. The Balaban J connectivity index is 2.09. The third-order valence-electron chi connectivity index (χ3n) is 3.27. The Kier molecular flexibility index (Phi) is 4.02. The summed E-state index contributed by atoms with van der Waals surface area (Å²) in [6.45, 7) is 9.73. The Bertz CT molecular complexity index is 513. The van der Waals surface area contributed by atoms with Gasteiger partial charge in [-0.3, -0.25) is 0 Å². The molecule has 0 aromatic carbocycles. The lowest BCUT2D eigenvalue weighted by atomic mass is 10.1. The van der Waals surface area contributed by atoms with Gasteiger partial charge >= 0.3 is 0 Å². The predicted molar refractivity (Wildman–Crippen MR) is 75.7 cm³/mol. The summed E-state index contributed by atoms with van der Waals surface area (Å²) in [5, 5.41) is 3.59. The van der Waals surface area contributed by atoms with E-state index < -0.39 is 0 Å². The average Bonchev–Trinajstić information content (AvgIpc) is 2.61. The molecule has 1 atom stereocenters. The summed E-state index contributed by atoms with van der Waals surface area (Å²) in [6, 6.07) is 6.67. The molecule has 98 valence electrons. The number of rotatable bonds is 5. The normalized spacial score (nSPS) is 13.4. The minimum absolute atomic E-state index is 0.540. The Morgan fingerprint density at radius 2 is 2.06 bits per heavy atom. The number of fused-ring (bicyclic) bond motifs is 1. The lowest BCUT2D eigenvalue weighted by Gasteiger charge is -2.16. The van der Waals surface area contributed by atoms with Crippen LogP contribution in [0.25, 0.3) is 5.65 Å². The van der Waals surface area contributed by atoms with E-state index in [9.17, 15) is 0 Å². The Morgan fingerprint density at radius 1 is 1.28 bits per heavy atom. The van der Waals surface area contributed by atoms with Crippen LogP contribution in [0, 0.1) is 12.8 Å². The van der Waals surface area contributed by atoms with Gasteiger partial charge < -0.3 is 9.72 Å². The van der Waals surface area contributed by atoms with Crippen molar-refractivity contribution >= 4 is 5.65 Å². The highest BCUT2D eigenvalue weighted by atomic mass is 15.0. The third-order valence-corrected chi connectivity index (χ3v) is 3.27. The van der Waals surface area contributed by atoms with Gasteiger partial charge in [-0.15, -0.1) is 0 Å². The number of aromatic nitrogens is 2. The van der Waals surface area contributed by atoms with Crippen molar-refractivity contribution in [2.75, 3.05) is 0 Å². The zero-order valence-corrected chi connectivity index (χ0v) is 11.8. The van der Waals surface area contributed by atoms with E-state index in [1.54, 1.807) is 0 Å². The highest BCUT2D eigenvalue weighted by molar-refractivity contribution is 5.42. The van der Waals surface area contributed by atoms with Crippen molar-refractivity contribution in [2.45, 2.75) is 46.7 Å². The molecule has 0 radical (unpaired) electrons. The molecule has 3 nitrogen and oxygen atoms in total. The van der Waals surface area contributed by atoms with Crippen LogP contribution in [0.15, 0.2) is 24.4 Å². The molecule has 0 aliphatic carbocycles. The number of nitrogens with one attached hydrogen (secondary N) is 1. The van der Waals surface area contributed by atoms with Crippen LogP contribution in [0.2, 0.25) is 0 Å². The van der Waals surface area contributed by atoms with E-state index in [1.165, 1.54) is 12.1 Å². The largest absolute Gasteiger partial charge is 0.309 e. The predicted octanol–water partition coefficient (Wildman–Crippen LogP) is 3.17. The van der Waals surface area contributed by atoms with Crippen molar-refractivity contribution in [1.82, 2.24) is 14.7 Å². The van der Waals surface area contributed by atoms with E-state index in [2.05, 4.69) is 54.7 Å². The molecule has 0 amide bonds. The Labute approximate surface area is 109 Å². The maximum atomic E-state index is 4.57. The number of imidazole rings is 1. The molecule has 2 heterocycles. The first-order chi connectivity index (χ1) is 8.58. The van der Waals surface area contributed by atoms with Crippen LogP contribution in [0.3, 0.4) is 0 Å². The molecule has 0 aliphatic heterocycles. The van der Waals surface area contributed by atoms with Crippen molar-refractivity contribution < 1.29 is 0 Å². The summed E-state index contributed by atoms with van der Waals surface area (Å²) < 4.78 is 2.17. The summed E-state index contributed by atoms with van der Waals surface area (Å²) in [5.41, 5.74) is 3.41. The molecular weight excluding hydrogens is 222 g/mol. The molecule has 1 N–H and O–H groups in total. The fraction of sp³-hybridized carbons (Fsp3) is 0.533. The maximum absolute atomic E-state index is 4.57. The number of pyridine rings is 1. The van der Waals surface area contributed by atoms with Crippen molar-refractivity contribution in [3.8, 4) is 0 Å². The third kappa shape index (κ3) is 2.91. The van der Waals surface area contributed by atoms with E-state index in [-0.39, 0.29) is 0 Å². The second kappa shape index (κ2) is 5.53. The van der Waals surface area contributed by atoms with Gasteiger partial charge in [0.05, 0.1) is 11.4 Å². The molecule has 18 heavy (non-hydrogen) atoms. The van der Waals surface area contributed by atoms with Crippen LogP contribution in [-0.2, 0) is 6.54 Å². The van der Waals surface area contributed by atoms with Crippen molar-refractivity contribution in [3.63, 3.8) is 0 Å². The van der Waals surface area contributed by atoms with Crippen LogP contribution in [0.4, 0.5) is 0 Å². The maximum Gasteiger partial charge on any atom is 0.137 e. The van der Waals surface area contributed by atoms with Crippen LogP contribution in [0.1, 0.15) is 38.6 Å². The number of nitrogens with zero attached hydrogens (tertiary/aromatic N) is 2. The smallest absolute Gasteiger partial charge is 0.137 e. The molecular formula is C15H23N3. The van der Waals surface area contributed by atoms with Gasteiger partial charge in [0.15, 0.2) is 0 Å². The van der Waals surface area contributed by atoms with Crippen LogP contribution in [-0.4, -0.2) is 15.4 Å². The topological polar surface area (TPSA) is 29.3 Å². The summed E-state index contributed by atoms with van der Waals surface area (Å²) in [5.74, 6) is 0.732. The lowest BCUT2D eigenvalue weighted by molar-refractivity contribution is 0.438. The van der Waals surface area contributed by atoms with Gasteiger partial charge in [-0.1, -0.05) is 19.9 Å². The van der Waals surface area contributed by atoms with E-state index >= 15 is 0 Å². The monoisotopic (exact) mass is 245 g/mol. The molecule has 0 spiro atoms. The summed E-state index contributed by atoms with van der Waals surface area (Å²) in [6.07, 6.45) is 3.29. The standard InChI is InChI=1S/C15H23N3/c1-11(2)9-12(3)16-10-14-13(4)17-15-7-5-6-8-18(14)15/h5-8,11-12,16H,9-10H2,1-4H3. The molecule has 0 fully saturated rings. The molecule has 1 unspecified atom stereocenters. The van der Waals surface area contributed by atoms with Crippen LogP contribution >= 0.6 is 0 Å². The first-order valence-electron chi connectivity index (χ1n) is 6.74. The molecule has 0 saturated heterocycles. The molecule has 0 saturated carbocycles. The zero-order chi connectivity index (χ0) is 13.1. The molecule has 2 aromatic heterocycles. The summed E-state index contributed by atoms with van der Waals surface area (Å²) >= 11 is 0. The van der Waals surface area contributed by atoms with Gasteiger partial charge in [-0.25, -0.2) is 4.98 Å². The van der Waals surface area contributed by atoms with Crippen molar-refractivity contribution in [3.05, 3.63) is 35.8 Å².